The van der Waals surface area contributed by atoms with Gasteiger partial charge in [-0.25, -0.2) is 8.42 Å². The predicted molar refractivity (Wildman–Crippen MR) is 69.4 cm³/mol. The van der Waals surface area contributed by atoms with E-state index in [4.69, 9.17) is 4.74 Å². The van der Waals surface area contributed by atoms with Crippen LogP contribution in [-0.4, -0.2) is 67.7 Å². The number of piperidine rings is 1. The number of aliphatic hydroxyl groups is 1. The molecule has 0 spiro atoms. The van der Waals surface area contributed by atoms with Crippen LogP contribution in [0.3, 0.4) is 0 Å². The van der Waals surface area contributed by atoms with Crippen molar-refractivity contribution in [3.63, 3.8) is 0 Å². The smallest absolute Gasteiger partial charge is 0.309 e. The van der Waals surface area contributed by atoms with Crippen LogP contribution < -0.4 is 0 Å². The Labute approximate surface area is 113 Å². The average molecular weight is 291 g/mol. The number of likely N-dealkylation sites (tertiary alicyclic amines) is 1. The van der Waals surface area contributed by atoms with Crippen LogP contribution in [0.25, 0.3) is 0 Å². The lowest BCUT2D eigenvalue weighted by atomic mass is 9.95. The van der Waals surface area contributed by atoms with Crippen molar-refractivity contribution in [3.05, 3.63) is 0 Å². The van der Waals surface area contributed by atoms with Gasteiger partial charge in [0.25, 0.3) is 0 Å². The minimum Gasteiger partial charge on any atom is -0.466 e. The second-order valence-electron chi connectivity index (χ2n) is 5.27. The average Bonchev–Trinajstić information content (AvgIpc) is 2.63. The van der Waals surface area contributed by atoms with Gasteiger partial charge in [-0.3, -0.25) is 9.69 Å². The number of ether oxygens (including phenoxy) is 1. The van der Waals surface area contributed by atoms with Crippen molar-refractivity contribution in [2.24, 2.45) is 5.92 Å². The van der Waals surface area contributed by atoms with Crippen LogP contribution in [0, 0.1) is 5.92 Å². The van der Waals surface area contributed by atoms with Crippen LogP contribution in [0.1, 0.15) is 19.8 Å². The fourth-order valence-corrected chi connectivity index (χ4v) is 4.72. The molecule has 0 aliphatic carbocycles. The molecule has 2 unspecified atom stereocenters. The molecule has 2 saturated heterocycles. The van der Waals surface area contributed by atoms with E-state index in [1.165, 1.54) is 0 Å². The zero-order chi connectivity index (χ0) is 14.0. The lowest BCUT2D eigenvalue weighted by molar-refractivity contribution is -0.149. The van der Waals surface area contributed by atoms with Crippen LogP contribution >= 0.6 is 0 Å². The van der Waals surface area contributed by atoms with E-state index in [9.17, 15) is 18.3 Å². The third kappa shape index (κ3) is 3.46. The van der Waals surface area contributed by atoms with Gasteiger partial charge in [-0.1, -0.05) is 0 Å². The normalized spacial score (nSPS) is 32.3. The molecular weight excluding hydrogens is 270 g/mol. The molecule has 2 aliphatic heterocycles. The van der Waals surface area contributed by atoms with Gasteiger partial charge in [0.2, 0.25) is 0 Å². The molecule has 0 aromatic carbocycles. The number of hydrogen-bond acceptors (Lipinski definition) is 6. The van der Waals surface area contributed by atoms with Gasteiger partial charge in [0, 0.05) is 0 Å². The highest BCUT2D eigenvalue weighted by Gasteiger charge is 2.41. The minimum atomic E-state index is -3.12. The monoisotopic (exact) mass is 291 g/mol. The molecular formula is C12H21NO5S. The standard InChI is InChI=1S/C12H21NO5S/c1-2-18-12(15)9-3-5-13(6-4-9)10-7-19(16,17)8-11(10)14/h9-11,14H,2-8H2,1H3. The van der Waals surface area contributed by atoms with Gasteiger partial charge in [0.1, 0.15) is 0 Å². The Morgan fingerprint density at radius 3 is 2.42 bits per heavy atom. The third-order valence-corrected chi connectivity index (χ3v) is 5.61. The number of aliphatic hydroxyl groups excluding tert-OH is 1. The van der Waals surface area contributed by atoms with Crippen LogP contribution in [0.5, 0.6) is 0 Å². The molecule has 0 aromatic heterocycles. The molecule has 1 N–H and O–H groups in total. The fourth-order valence-electron chi connectivity index (χ4n) is 2.89. The summed E-state index contributed by atoms with van der Waals surface area (Å²) in [4.78, 5) is 13.6. The number of nitrogens with zero attached hydrogens (tertiary/aromatic N) is 1. The van der Waals surface area contributed by atoms with E-state index < -0.39 is 15.9 Å². The topological polar surface area (TPSA) is 83.9 Å². The van der Waals surface area contributed by atoms with Crippen molar-refractivity contribution in [3.8, 4) is 0 Å². The number of esters is 1. The quantitative estimate of drug-likeness (QED) is 0.700. The van der Waals surface area contributed by atoms with Crippen LogP contribution in [-0.2, 0) is 19.4 Å². The number of hydrogen-bond donors (Lipinski definition) is 1. The zero-order valence-electron chi connectivity index (χ0n) is 11.1. The first-order valence-corrected chi connectivity index (χ1v) is 8.54. The summed E-state index contributed by atoms with van der Waals surface area (Å²) in [6.45, 7) is 3.45. The first-order valence-electron chi connectivity index (χ1n) is 6.72. The molecule has 0 saturated carbocycles. The Bertz CT molecular complexity index is 427. The van der Waals surface area contributed by atoms with Gasteiger partial charge in [-0.05, 0) is 32.9 Å². The van der Waals surface area contributed by atoms with Gasteiger partial charge >= 0.3 is 5.97 Å². The summed E-state index contributed by atoms with van der Waals surface area (Å²) in [5.41, 5.74) is 0. The van der Waals surface area contributed by atoms with Gasteiger partial charge in [0.15, 0.2) is 9.84 Å². The molecule has 2 fully saturated rings. The maximum Gasteiger partial charge on any atom is 0.309 e. The highest BCUT2D eigenvalue weighted by molar-refractivity contribution is 7.91. The van der Waals surface area contributed by atoms with Crippen molar-refractivity contribution in [2.75, 3.05) is 31.2 Å². The van der Waals surface area contributed by atoms with Crippen LogP contribution in [0.2, 0.25) is 0 Å². The third-order valence-electron chi connectivity index (χ3n) is 3.91. The Morgan fingerprint density at radius 2 is 1.95 bits per heavy atom. The Hall–Kier alpha value is -0.660. The summed E-state index contributed by atoms with van der Waals surface area (Å²) < 4.78 is 28.0. The summed E-state index contributed by atoms with van der Waals surface area (Å²) in [5, 5.41) is 9.82. The number of rotatable bonds is 3. The summed E-state index contributed by atoms with van der Waals surface area (Å²) in [7, 11) is -3.12. The van der Waals surface area contributed by atoms with E-state index in [0.717, 1.165) is 0 Å². The predicted octanol–water partition coefficient (Wildman–Crippen LogP) is -0.581. The molecule has 110 valence electrons. The van der Waals surface area contributed by atoms with Crippen LogP contribution in [0.15, 0.2) is 0 Å². The van der Waals surface area contributed by atoms with E-state index in [1.54, 1.807) is 6.92 Å². The van der Waals surface area contributed by atoms with E-state index in [0.29, 0.717) is 32.5 Å². The van der Waals surface area contributed by atoms with E-state index in [1.807, 2.05) is 4.90 Å². The summed E-state index contributed by atoms with van der Waals surface area (Å²) in [6, 6.07) is -0.312. The van der Waals surface area contributed by atoms with Crippen molar-refractivity contribution in [1.29, 1.82) is 0 Å². The van der Waals surface area contributed by atoms with Crippen molar-refractivity contribution < 1.29 is 23.1 Å². The molecule has 2 rings (SSSR count). The minimum absolute atomic E-state index is 0.0260. The lowest BCUT2D eigenvalue weighted by Crippen LogP contribution is -2.48. The van der Waals surface area contributed by atoms with Gasteiger partial charge in [-0.15, -0.1) is 0 Å². The van der Waals surface area contributed by atoms with Gasteiger partial charge in [0.05, 0.1) is 36.2 Å². The number of carbonyl (C=O) groups is 1. The fraction of sp³-hybridized carbons (Fsp3) is 0.917. The number of carbonyl (C=O) groups excluding carboxylic acids is 1. The highest BCUT2D eigenvalue weighted by Crippen LogP contribution is 2.25. The van der Waals surface area contributed by atoms with Gasteiger partial charge < -0.3 is 9.84 Å². The van der Waals surface area contributed by atoms with Crippen molar-refractivity contribution in [2.45, 2.75) is 31.9 Å². The molecule has 2 atom stereocenters. The molecule has 2 heterocycles. The first kappa shape index (κ1) is 14.7. The molecule has 6 nitrogen and oxygen atoms in total. The molecule has 7 heteroatoms. The zero-order valence-corrected chi connectivity index (χ0v) is 11.9. The molecule has 2 aliphatic rings. The SMILES string of the molecule is CCOC(=O)C1CCN(C2CS(=O)(=O)CC2O)CC1. The van der Waals surface area contributed by atoms with Crippen LogP contribution in [0.4, 0.5) is 0 Å². The Kier molecular flexibility index (Phi) is 4.47. The summed E-state index contributed by atoms with van der Waals surface area (Å²) >= 11 is 0. The second kappa shape index (κ2) is 5.76. The van der Waals surface area contributed by atoms with E-state index in [-0.39, 0.29) is 29.4 Å². The van der Waals surface area contributed by atoms with Gasteiger partial charge in [-0.2, -0.15) is 0 Å². The summed E-state index contributed by atoms with van der Waals surface area (Å²) in [5.74, 6) is -0.374. The maximum absolute atomic E-state index is 11.6. The molecule has 19 heavy (non-hydrogen) atoms. The van der Waals surface area contributed by atoms with E-state index >= 15 is 0 Å². The maximum atomic E-state index is 11.6. The largest absolute Gasteiger partial charge is 0.466 e. The second-order valence-corrected chi connectivity index (χ2v) is 7.43. The van der Waals surface area contributed by atoms with Crippen molar-refractivity contribution in [1.82, 2.24) is 4.90 Å². The summed E-state index contributed by atoms with van der Waals surface area (Å²) in [6.07, 6.45) is 0.536. The van der Waals surface area contributed by atoms with E-state index in [2.05, 4.69) is 0 Å². The molecule has 0 bridgehead atoms. The first-order chi connectivity index (χ1) is 8.93. The highest BCUT2D eigenvalue weighted by atomic mass is 32.2. The lowest BCUT2D eigenvalue weighted by Gasteiger charge is -2.35. The molecule has 0 radical (unpaired) electrons. The molecule has 0 amide bonds. The molecule has 0 aromatic rings. The van der Waals surface area contributed by atoms with Crippen molar-refractivity contribution >= 4 is 15.8 Å². The Morgan fingerprint density at radius 1 is 1.32 bits per heavy atom. The Balaban J connectivity index is 1.88. The number of sulfone groups is 1.